The number of benzene rings is 3. The summed E-state index contributed by atoms with van der Waals surface area (Å²) in [5.74, 6) is -0.194. The first-order valence-electron chi connectivity index (χ1n) is 10.2. The average Bonchev–Trinajstić information content (AvgIpc) is 2.81. The number of aromatic nitrogens is 1. The summed E-state index contributed by atoms with van der Waals surface area (Å²) in [5.41, 5.74) is 3.65. The van der Waals surface area contributed by atoms with Gasteiger partial charge in [-0.2, -0.15) is 0 Å². The van der Waals surface area contributed by atoms with E-state index in [9.17, 15) is 13.2 Å². The molecule has 0 unspecified atom stereocenters. The third-order valence-electron chi connectivity index (χ3n) is 5.29. The molecule has 0 saturated carbocycles. The number of ether oxygens (including phenoxy) is 1. The van der Waals surface area contributed by atoms with Crippen molar-refractivity contribution in [1.29, 1.82) is 0 Å². The van der Waals surface area contributed by atoms with Crippen molar-refractivity contribution in [1.82, 2.24) is 4.98 Å². The lowest BCUT2D eigenvalue weighted by molar-refractivity contribution is 0.102. The van der Waals surface area contributed by atoms with Gasteiger partial charge in [-0.25, -0.2) is 8.42 Å². The molecule has 0 spiro atoms. The summed E-state index contributed by atoms with van der Waals surface area (Å²) >= 11 is 0. The Morgan fingerprint density at radius 3 is 2.42 bits per heavy atom. The molecule has 2 N–H and O–H groups in total. The van der Waals surface area contributed by atoms with Crippen LogP contribution in [0.25, 0.3) is 10.9 Å². The molecule has 4 rings (SSSR count). The monoisotopic (exact) mass is 461 g/mol. The number of rotatable bonds is 6. The highest BCUT2D eigenvalue weighted by atomic mass is 32.2. The number of nitrogens with one attached hydrogen (secondary N) is 2. The zero-order valence-corrected chi connectivity index (χ0v) is 19.2. The number of carbonyl (C=O) groups is 1. The summed E-state index contributed by atoms with van der Waals surface area (Å²) in [6, 6.07) is 18.9. The molecule has 168 valence electrons. The molecule has 0 aliphatic heterocycles. The summed E-state index contributed by atoms with van der Waals surface area (Å²) in [7, 11) is -2.59. The van der Waals surface area contributed by atoms with E-state index in [2.05, 4.69) is 15.0 Å². The van der Waals surface area contributed by atoms with E-state index in [1.807, 2.05) is 38.1 Å². The van der Waals surface area contributed by atoms with E-state index in [-0.39, 0.29) is 16.6 Å². The van der Waals surface area contributed by atoms with Gasteiger partial charge in [-0.1, -0.05) is 24.3 Å². The van der Waals surface area contributed by atoms with Crippen LogP contribution in [0.15, 0.2) is 77.8 Å². The van der Waals surface area contributed by atoms with E-state index in [1.54, 1.807) is 36.5 Å². The molecule has 7 nitrogen and oxygen atoms in total. The zero-order valence-electron chi connectivity index (χ0n) is 18.4. The maximum Gasteiger partial charge on any atom is 0.265 e. The van der Waals surface area contributed by atoms with Gasteiger partial charge in [0.1, 0.15) is 10.6 Å². The highest BCUT2D eigenvalue weighted by Crippen LogP contribution is 2.31. The third kappa shape index (κ3) is 4.65. The minimum atomic E-state index is -3.99. The molecule has 1 amide bonds. The lowest BCUT2D eigenvalue weighted by Crippen LogP contribution is -2.17. The van der Waals surface area contributed by atoms with Gasteiger partial charge in [0.25, 0.3) is 15.9 Å². The minimum absolute atomic E-state index is 0.0758. The van der Waals surface area contributed by atoms with Crippen LogP contribution in [0.2, 0.25) is 0 Å². The zero-order chi connectivity index (χ0) is 23.6. The van der Waals surface area contributed by atoms with Crippen LogP contribution in [-0.2, 0) is 10.0 Å². The second-order valence-electron chi connectivity index (χ2n) is 7.60. The van der Waals surface area contributed by atoms with Gasteiger partial charge < -0.3 is 10.1 Å². The number of carbonyl (C=O) groups excluding carboxylic acids is 1. The molecule has 1 aromatic heterocycles. The molecule has 0 fully saturated rings. The van der Waals surface area contributed by atoms with E-state index < -0.39 is 10.0 Å². The maximum absolute atomic E-state index is 13.2. The van der Waals surface area contributed by atoms with Crippen molar-refractivity contribution < 1.29 is 17.9 Å². The van der Waals surface area contributed by atoms with E-state index in [4.69, 9.17) is 4.74 Å². The molecule has 0 atom stereocenters. The number of hydrogen-bond donors (Lipinski definition) is 2. The van der Waals surface area contributed by atoms with E-state index >= 15 is 0 Å². The first kappa shape index (κ1) is 22.3. The Balaban J connectivity index is 1.65. The molecule has 1 heterocycles. The van der Waals surface area contributed by atoms with Crippen molar-refractivity contribution in [3.63, 3.8) is 0 Å². The van der Waals surface area contributed by atoms with Gasteiger partial charge in [0.2, 0.25) is 0 Å². The number of anilines is 2. The molecular formula is C25H23N3O4S. The van der Waals surface area contributed by atoms with Crippen molar-refractivity contribution >= 4 is 38.2 Å². The van der Waals surface area contributed by atoms with E-state index in [1.165, 1.54) is 19.2 Å². The SMILES string of the molecule is COc1ccc(NC(=O)c2ccc3ncccc3c2)cc1S(=O)(=O)Nc1c(C)cccc1C. The summed E-state index contributed by atoms with van der Waals surface area (Å²) in [5, 5.41) is 3.60. The Morgan fingerprint density at radius 2 is 1.70 bits per heavy atom. The lowest BCUT2D eigenvalue weighted by atomic mass is 10.1. The van der Waals surface area contributed by atoms with Crippen LogP contribution in [0.3, 0.4) is 0 Å². The van der Waals surface area contributed by atoms with Crippen molar-refractivity contribution in [2.24, 2.45) is 0 Å². The fraction of sp³-hybridized carbons (Fsp3) is 0.120. The highest BCUT2D eigenvalue weighted by molar-refractivity contribution is 7.92. The number of hydrogen-bond acceptors (Lipinski definition) is 5. The van der Waals surface area contributed by atoms with Gasteiger partial charge in [0.05, 0.1) is 18.3 Å². The van der Waals surface area contributed by atoms with Crippen LogP contribution in [-0.4, -0.2) is 26.4 Å². The number of nitrogens with zero attached hydrogens (tertiary/aromatic N) is 1. The minimum Gasteiger partial charge on any atom is -0.495 e. The van der Waals surface area contributed by atoms with Crippen molar-refractivity contribution in [3.05, 3.63) is 89.6 Å². The topological polar surface area (TPSA) is 97.4 Å². The van der Waals surface area contributed by atoms with Crippen LogP contribution in [0, 0.1) is 13.8 Å². The summed E-state index contributed by atoms with van der Waals surface area (Å²) in [6.45, 7) is 3.66. The average molecular weight is 462 g/mol. The second kappa shape index (κ2) is 8.91. The molecule has 0 radical (unpaired) electrons. The Hall–Kier alpha value is -3.91. The van der Waals surface area contributed by atoms with E-state index in [0.717, 1.165) is 22.0 Å². The Kier molecular flexibility index (Phi) is 6.02. The van der Waals surface area contributed by atoms with Gasteiger partial charge in [-0.3, -0.25) is 14.5 Å². The predicted molar refractivity (Wildman–Crippen MR) is 129 cm³/mol. The number of methoxy groups -OCH3 is 1. The normalized spacial score (nSPS) is 11.2. The molecule has 0 aliphatic rings. The van der Waals surface area contributed by atoms with Crippen molar-refractivity contribution in [2.75, 3.05) is 17.1 Å². The van der Waals surface area contributed by atoms with Gasteiger partial charge in [0.15, 0.2) is 0 Å². The van der Waals surface area contributed by atoms with Crippen LogP contribution < -0.4 is 14.8 Å². The van der Waals surface area contributed by atoms with Gasteiger partial charge in [-0.05, 0) is 67.4 Å². The molecule has 8 heteroatoms. The molecule has 0 saturated heterocycles. The number of pyridine rings is 1. The van der Waals surface area contributed by atoms with Crippen molar-refractivity contribution in [2.45, 2.75) is 18.7 Å². The standard InChI is InChI=1S/C25H23N3O4S/c1-16-6-4-7-17(2)24(16)28-33(30,31)23-15-20(10-12-22(23)32-3)27-25(29)19-9-11-21-18(14-19)8-5-13-26-21/h4-15,28H,1-3H3,(H,27,29). The largest absolute Gasteiger partial charge is 0.495 e. The Morgan fingerprint density at radius 1 is 0.939 bits per heavy atom. The quantitative estimate of drug-likeness (QED) is 0.425. The number of para-hydroxylation sites is 1. The molecular weight excluding hydrogens is 438 g/mol. The number of fused-ring (bicyclic) bond motifs is 1. The predicted octanol–water partition coefficient (Wildman–Crippen LogP) is 4.91. The van der Waals surface area contributed by atoms with Crippen LogP contribution >= 0.6 is 0 Å². The molecule has 0 aliphatic carbocycles. The second-order valence-corrected chi connectivity index (χ2v) is 9.25. The lowest BCUT2D eigenvalue weighted by Gasteiger charge is -2.16. The summed E-state index contributed by atoms with van der Waals surface area (Å²) in [6.07, 6.45) is 1.69. The van der Waals surface area contributed by atoms with Crippen LogP contribution in [0.4, 0.5) is 11.4 Å². The molecule has 3 aromatic carbocycles. The molecule has 0 bridgehead atoms. The third-order valence-corrected chi connectivity index (χ3v) is 6.66. The van der Waals surface area contributed by atoms with Crippen LogP contribution in [0.1, 0.15) is 21.5 Å². The number of amides is 1. The smallest absolute Gasteiger partial charge is 0.265 e. The fourth-order valence-corrected chi connectivity index (χ4v) is 4.95. The van der Waals surface area contributed by atoms with E-state index in [0.29, 0.717) is 16.9 Å². The number of aryl methyl sites for hydroxylation is 2. The molecule has 33 heavy (non-hydrogen) atoms. The summed E-state index contributed by atoms with van der Waals surface area (Å²) in [4.78, 5) is 17.0. The molecule has 4 aromatic rings. The van der Waals surface area contributed by atoms with Crippen molar-refractivity contribution in [3.8, 4) is 5.75 Å². The first-order valence-corrected chi connectivity index (χ1v) is 11.7. The first-order chi connectivity index (χ1) is 15.8. The van der Waals surface area contributed by atoms with Gasteiger partial charge in [-0.15, -0.1) is 0 Å². The highest BCUT2D eigenvalue weighted by Gasteiger charge is 2.22. The van der Waals surface area contributed by atoms with Crippen LogP contribution in [0.5, 0.6) is 5.75 Å². The number of sulfonamides is 1. The maximum atomic E-state index is 13.2. The van der Waals surface area contributed by atoms with Gasteiger partial charge >= 0.3 is 0 Å². The summed E-state index contributed by atoms with van der Waals surface area (Å²) < 4.78 is 34.4. The fourth-order valence-electron chi connectivity index (χ4n) is 3.55. The Bertz CT molecular complexity index is 1450. The Labute approximate surface area is 192 Å². The van der Waals surface area contributed by atoms with Gasteiger partial charge in [0, 0.05) is 22.8 Å².